The van der Waals surface area contributed by atoms with Gasteiger partial charge in [0.1, 0.15) is 0 Å². The van der Waals surface area contributed by atoms with Crippen molar-refractivity contribution in [2.75, 3.05) is 19.0 Å². The van der Waals surface area contributed by atoms with Crippen LogP contribution in [0.1, 0.15) is 43.7 Å². The first-order valence-corrected chi connectivity index (χ1v) is 7.14. The highest BCUT2D eigenvalue weighted by Gasteiger charge is 2.39. The molecule has 0 N–H and O–H groups in total. The molecule has 1 atom stereocenters. The Hall–Kier alpha value is -0.470. The van der Waals surface area contributed by atoms with Crippen molar-refractivity contribution in [2.45, 2.75) is 38.0 Å². The van der Waals surface area contributed by atoms with Crippen LogP contribution in [-0.4, -0.2) is 19.0 Å². The molecule has 0 saturated carbocycles. The van der Waals surface area contributed by atoms with Crippen molar-refractivity contribution in [1.29, 1.82) is 0 Å². The second-order valence-electron chi connectivity index (χ2n) is 5.18. The molecule has 1 nitrogen and oxygen atoms in total. The predicted molar refractivity (Wildman–Crippen MR) is 76.1 cm³/mol. The van der Waals surface area contributed by atoms with Gasteiger partial charge in [0, 0.05) is 5.41 Å². The number of hydrogen-bond donors (Lipinski definition) is 1. The highest BCUT2D eigenvalue weighted by Crippen LogP contribution is 2.36. The van der Waals surface area contributed by atoms with E-state index in [9.17, 15) is 0 Å². The Kier molecular flexibility index (Phi) is 4.16. The van der Waals surface area contributed by atoms with Crippen molar-refractivity contribution in [1.82, 2.24) is 0 Å². The number of benzene rings is 1. The molecule has 1 unspecified atom stereocenters. The minimum atomic E-state index is 0.246. The second-order valence-corrected chi connectivity index (χ2v) is 5.63. The molecule has 0 amide bonds. The van der Waals surface area contributed by atoms with E-state index in [2.05, 4.69) is 50.7 Å². The summed E-state index contributed by atoms with van der Waals surface area (Å²) in [4.78, 5) is 0. The van der Waals surface area contributed by atoms with E-state index < -0.39 is 0 Å². The molecule has 17 heavy (non-hydrogen) atoms. The van der Waals surface area contributed by atoms with Gasteiger partial charge in [-0.15, -0.1) is 0 Å². The number of thiol groups is 1. The fraction of sp³-hybridized carbons (Fsp3) is 0.600. The van der Waals surface area contributed by atoms with Gasteiger partial charge in [-0.05, 0) is 35.6 Å². The van der Waals surface area contributed by atoms with Gasteiger partial charge >= 0.3 is 0 Å². The number of ether oxygens (including phenoxy) is 1. The van der Waals surface area contributed by atoms with Crippen LogP contribution in [0.15, 0.2) is 24.3 Å². The molecule has 2 rings (SSSR count). The highest BCUT2D eigenvalue weighted by atomic mass is 32.1. The van der Waals surface area contributed by atoms with Crippen LogP contribution in [0.4, 0.5) is 0 Å². The Labute approximate surface area is 110 Å². The lowest BCUT2D eigenvalue weighted by molar-refractivity contribution is -0.0613. The summed E-state index contributed by atoms with van der Waals surface area (Å²) in [5.41, 5.74) is 3.11. The first-order chi connectivity index (χ1) is 8.22. The van der Waals surface area contributed by atoms with Gasteiger partial charge in [-0.2, -0.15) is 12.6 Å². The zero-order valence-corrected chi connectivity index (χ0v) is 11.7. The van der Waals surface area contributed by atoms with E-state index in [0.717, 1.165) is 25.4 Å². The summed E-state index contributed by atoms with van der Waals surface area (Å²) >= 11 is 4.36. The maximum Gasteiger partial charge on any atom is 0.0585 e. The maximum atomic E-state index is 5.41. The summed E-state index contributed by atoms with van der Waals surface area (Å²) in [5.74, 6) is 1.58. The summed E-state index contributed by atoms with van der Waals surface area (Å²) < 4.78 is 5.41. The van der Waals surface area contributed by atoms with Gasteiger partial charge in [0.25, 0.3) is 0 Å². The minimum Gasteiger partial charge on any atom is -0.379 e. The van der Waals surface area contributed by atoms with Crippen molar-refractivity contribution < 1.29 is 4.74 Å². The maximum absolute atomic E-state index is 5.41. The quantitative estimate of drug-likeness (QED) is 0.782. The SMILES string of the molecule is CCC(C)c1ccc(C2(CCS)COC2)cc1. The van der Waals surface area contributed by atoms with E-state index in [1.54, 1.807) is 0 Å². The van der Waals surface area contributed by atoms with E-state index in [4.69, 9.17) is 4.74 Å². The molecule has 1 aromatic rings. The molecular weight excluding hydrogens is 228 g/mol. The molecule has 1 saturated heterocycles. The minimum absolute atomic E-state index is 0.246. The van der Waals surface area contributed by atoms with Crippen molar-refractivity contribution in [3.63, 3.8) is 0 Å². The third kappa shape index (κ3) is 2.53. The molecule has 2 heteroatoms. The van der Waals surface area contributed by atoms with Crippen LogP contribution < -0.4 is 0 Å². The van der Waals surface area contributed by atoms with Crippen molar-refractivity contribution in [2.24, 2.45) is 0 Å². The second kappa shape index (κ2) is 5.45. The number of hydrogen-bond acceptors (Lipinski definition) is 2. The van der Waals surface area contributed by atoms with Gasteiger partial charge < -0.3 is 4.74 Å². The lowest BCUT2D eigenvalue weighted by Gasteiger charge is -2.42. The molecule has 1 fully saturated rings. The predicted octanol–water partition coefficient (Wildman–Crippen LogP) is 3.79. The summed E-state index contributed by atoms with van der Waals surface area (Å²) in [7, 11) is 0. The molecule has 0 bridgehead atoms. The molecular formula is C15H22OS. The standard InChI is InChI=1S/C15H22OS/c1-3-12(2)13-4-6-14(7-5-13)15(8-9-17)10-16-11-15/h4-7,12,17H,3,8-11H2,1-2H3. The molecule has 1 aromatic carbocycles. The first kappa shape index (κ1) is 13.0. The average molecular weight is 250 g/mol. The van der Waals surface area contributed by atoms with E-state index >= 15 is 0 Å². The molecule has 0 radical (unpaired) electrons. The molecule has 1 aliphatic heterocycles. The zero-order valence-electron chi connectivity index (χ0n) is 10.8. The van der Waals surface area contributed by atoms with Gasteiger partial charge in [0.2, 0.25) is 0 Å². The van der Waals surface area contributed by atoms with E-state index in [0.29, 0.717) is 5.92 Å². The third-order valence-electron chi connectivity index (χ3n) is 4.05. The first-order valence-electron chi connectivity index (χ1n) is 6.51. The van der Waals surface area contributed by atoms with Crippen LogP contribution in [-0.2, 0) is 10.2 Å². The molecule has 0 aromatic heterocycles. The van der Waals surface area contributed by atoms with Crippen LogP contribution in [0.2, 0.25) is 0 Å². The van der Waals surface area contributed by atoms with E-state index in [1.807, 2.05) is 0 Å². The van der Waals surface area contributed by atoms with Crippen LogP contribution in [0.3, 0.4) is 0 Å². The fourth-order valence-electron chi connectivity index (χ4n) is 2.42. The Bertz CT molecular complexity index is 354. The summed E-state index contributed by atoms with van der Waals surface area (Å²) in [6.45, 7) is 6.23. The Balaban J connectivity index is 2.16. The molecule has 1 aliphatic rings. The van der Waals surface area contributed by atoms with E-state index in [-0.39, 0.29) is 5.41 Å². The van der Waals surface area contributed by atoms with Gasteiger partial charge in [-0.1, -0.05) is 38.1 Å². The van der Waals surface area contributed by atoms with E-state index in [1.165, 1.54) is 17.5 Å². The van der Waals surface area contributed by atoms with Crippen molar-refractivity contribution >= 4 is 12.6 Å². The lowest BCUT2D eigenvalue weighted by atomic mass is 9.76. The normalized spacial score (nSPS) is 19.7. The van der Waals surface area contributed by atoms with Crippen LogP contribution >= 0.6 is 12.6 Å². The van der Waals surface area contributed by atoms with Crippen LogP contribution in [0.5, 0.6) is 0 Å². The Morgan fingerprint density at radius 1 is 1.29 bits per heavy atom. The largest absolute Gasteiger partial charge is 0.379 e. The Morgan fingerprint density at radius 3 is 2.35 bits per heavy atom. The monoisotopic (exact) mass is 250 g/mol. The number of rotatable bonds is 5. The summed E-state index contributed by atoms with van der Waals surface area (Å²) in [6.07, 6.45) is 2.31. The Morgan fingerprint density at radius 2 is 1.94 bits per heavy atom. The van der Waals surface area contributed by atoms with Crippen LogP contribution in [0.25, 0.3) is 0 Å². The van der Waals surface area contributed by atoms with Gasteiger partial charge in [0.15, 0.2) is 0 Å². The lowest BCUT2D eigenvalue weighted by Crippen LogP contribution is -2.47. The van der Waals surface area contributed by atoms with Gasteiger partial charge in [0.05, 0.1) is 13.2 Å². The zero-order chi connectivity index (χ0) is 12.3. The van der Waals surface area contributed by atoms with Crippen molar-refractivity contribution in [3.05, 3.63) is 35.4 Å². The smallest absolute Gasteiger partial charge is 0.0585 e. The van der Waals surface area contributed by atoms with Crippen LogP contribution in [0, 0.1) is 0 Å². The molecule has 0 aliphatic carbocycles. The fourth-order valence-corrected chi connectivity index (χ4v) is 2.85. The summed E-state index contributed by atoms with van der Waals surface area (Å²) in [6, 6.07) is 9.13. The molecule has 0 spiro atoms. The molecule has 1 heterocycles. The van der Waals surface area contributed by atoms with Gasteiger partial charge in [-0.25, -0.2) is 0 Å². The third-order valence-corrected chi connectivity index (χ3v) is 4.28. The highest BCUT2D eigenvalue weighted by molar-refractivity contribution is 7.80. The molecule has 94 valence electrons. The average Bonchev–Trinajstić information content (AvgIpc) is 2.33. The van der Waals surface area contributed by atoms with Gasteiger partial charge in [-0.3, -0.25) is 0 Å². The summed E-state index contributed by atoms with van der Waals surface area (Å²) in [5, 5.41) is 0. The topological polar surface area (TPSA) is 9.23 Å². The van der Waals surface area contributed by atoms with Crippen molar-refractivity contribution in [3.8, 4) is 0 Å².